The summed E-state index contributed by atoms with van der Waals surface area (Å²) >= 11 is 0. The number of ether oxygens (including phenoxy) is 1. The second kappa shape index (κ2) is 4.04. The van der Waals surface area contributed by atoms with Crippen molar-refractivity contribution in [2.45, 2.75) is 25.4 Å². The second-order valence-electron chi connectivity index (χ2n) is 3.37. The maximum absolute atomic E-state index is 5.58. The highest BCUT2D eigenvalue weighted by Gasteiger charge is 2.28. The highest BCUT2D eigenvalue weighted by molar-refractivity contribution is 4.82. The van der Waals surface area contributed by atoms with Crippen molar-refractivity contribution in [1.29, 1.82) is 0 Å². The highest BCUT2D eigenvalue weighted by Crippen LogP contribution is 2.23. The summed E-state index contributed by atoms with van der Waals surface area (Å²) in [6.07, 6.45) is 2.37. The Morgan fingerprint density at radius 3 is 3.00 bits per heavy atom. The minimum absolute atomic E-state index is 0.0785. The molecule has 3 heteroatoms. The third-order valence-corrected chi connectivity index (χ3v) is 2.12. The van der Waals surface area contributed by atoms with Gasteiger partial charge >= 0.3 is 0 Å². The molecule has 0 bridgehead atoms. The average Bonchev–Trinajstić information content (AvgIpc) is 2.38. The highest BCUT2D eigenvalue weighted by atomic mass is 16.5. The summed E-state index contributed by atoms with van der Waals surface area (Å²) in [4.78, 5) is 0. The van der Waals surface area contributed by atoms with E-state index >= 15 is 0 Å². The fourth-order valence-electron chi connectivity index (χ4n) is 1.43. The van der Waals surface area contributed by atoms with Gasteiger partial charge in [0, 0.05) is 26.2 Å². The van der Waals surface area contributed by atoms with Crippen molar-refractivity contribution in [1.82, 2.24) is 5.32 Å². The molecule has 1 heterocycles. The van der Waals surface area contributed by atoms with E-state index in [-0.39, 0.29) is 5.60 Å². The molecule has 0 radical (unpaired) electrons. The predicted molar refractivity (Wildman–Crippen MR) is 45.5 cm³/mol. The summed E-state index contributed by atoms with van der Waals surface area (Å²) in [5.74, 6) is 0. The lowest BCUT2D eigenvalue weighted by molar-refractivity contribution is 0.0212. The molecule has 3 nitrogen and oxygen atoms in total. The first-order valence-corrected chi connectivity index (χ1v) is 4.32. The van der Waals surface area contributed by atoms with Crippen LogP contribution in [0.2, 0.25) is 0 Å². The number of nitrogens with one attached hydrogen (secondary N) is 1. The minimum atomic E-state index is 0.0785. The van der Waals surface area contributed by atoms with Gasteiger partial charge in [-0.15, -0.1) is 0 Å². The third kappa shape index (κ3) is 2.77. The number of hydrogen-bond donors (Lipinski definition) is 2. The molecule has 0 aromatic heterocycles. The molecule has 0 amide bonds. The van der Waals surface area contributed by atoms with E-state index in [0.29, 0.717) is 6.54 Å². The molecule has 1 fully saturated rings. The van der Waals surface area contributed by atoms with Crippen LogP contribution in [0.25, 0.3) is 0 Å². The van der Waals surface area contributed by atoms with Crippen molar-refractivity contribution in [3.8, 4) is 0 Å². The molecule has 1 atom stereocenters. The summed E-state index contributed by atoms with van der Waals surface area (Å²) in [6.45, 7) is 5.60. The SMILES string of the molecule is CC1(CNCCN)CCCO1. The fraction of sp³-hybridized carbons (Fsp3) is 1.00. The quantitative estimate of drug-likeness (QED) is 0.571. The summed E-state index contributed by atoms with van der Waals surface area (Å²) in [7, 11) is 0. The van der Waals surface area contributed by atoms with E-state index < -0.39 is 0 Å². The Morgan fingerprint density at radius 2 is 2.45 bits per heavy atom. The van der Waals surface area contributed by atoms with Gasteiger partial charge in [-0.2, -0.15) is 0 Å². The molecule has 0 aromatic rings. The molecule has 1 aliphatic rings. The molecule has 1 unspecified atom stereocenters. The molecule has 0 aliphatic carbocycles. The molecule has 0 aromatic carbocycles. The van der Waals surface area contributed by atoms with Gasteiger partial charge in [0.15, 0.2) is 0 Å². The van der Waals surface area contributed by atoms with Gasteiger partial charge in [0.05, 0.1) is 5.60 Å². The van der Waals surface area contributed by atoms with Crippen molar-refractivity contribution in [2.75, 3.05) is 26.2 Å². The van der Waals surface area contributed by atoms with Crippen LogP contribution in [0, 0.1) is 0 Å². The summed E-state index contributed by atoms with van der Waals surface area (Å²) in [5, 5.41) is 3.27. The van der Waals surface area contributed by atoms with Gasteiger partial charge < -0.3 is 15.8 Å². The van der Waals surface area contributed by atoms with Gasteiger partial charge in [0.2, 0.25) is 0 Å². The van der Waals surface area contributed by atoms with Gasteiger partial charge in [-0.25, -0.2) is 0 Å². The monoisotopic (exact) mass is 158 g/mol. The van der Waals surface area contributed by atoms with Crippen LogP contribution in [0.1, 0.15) is 19.8 Å². The van der Waals surface area contributed by atoms with Gasteiger partial charge in [-0.05, 0) is 19.8 Å². The van der Waals surface area contributed by atoms with Crippen LogP contribution in [0.4, 0.5) is 0 Å². The van der Waals surface area contributed by atoms with Crippen molar-refractivity contribution < 1.29 is 4.74 Å². The largest absolute Gasteiger partial charge is 0.374 e. The van der Waals surface area contributed by atoms with Crippen LogP contribution in [0.15, 0.2) is 0 Å². The topological polar surface area (TPSA) is 47.3 Å². The van der Waals surface area contributed by atoms with Crippen molar-refractivity contribution >= 4 is 0 Å². The van der Waals surface area contributed by atoms with E-state index in [0.717, 1.165) is 19.7 Å². The number of rotatable bonds is 4. The van der Waals surface area contributed by atoms with Gasteiger partial charge in [0.25, 0.3) is 0 Å². The first kappa shape index (κ1) is 8.97. The first-order valence-electron chi connectivity index (χ1n) is 4.32. The molecule has 0 saturated carbocycles. The smallest absolute Gasteiger partial charge is 0.0779 e. The van der Waals surface area contributed by atoms with E-state index in [1.807, 2.05) is 0 Å². The Morgan fingerprint density at radius 1 is 1.64 bits per heavy atom. The van der Waals surface area contributed by atoms with Gasteiger partial charge in [-0.3, -0.25) is 0 Å². The van der Waals surface area contributed by atoms with Crippen molar-refractivity contribution in [3.63, 3.8) is 0 Å². The molecular weight excluding hydrogens is 140 g/mol. The molecule has 1 aliphatic heterocycles. The maximum atomic E-state index is 5.58. The Kier molecular flexibility index (Phi) is 3.30. The van der Waals surface area contributed by atoms with E-state index in [1.54, 1.807) is 0 Å². The third-order valence-electron chi connectivity index (χ3n) is 2.12. The van der Waals surface area contributed by atoms with E-state index in [9.17, 15) is 0 Å². The number of nitrogens with two attached hydrogens (primary N) is 1. The number of hydrogen-bond acceptors (Lipinski definition) is 3. The zero-order valence-electron chi connectivity index (χ0n) is 7.23. The Balaban J connectivity index is 2.13. The van der Waals surface area contributed by atoms with Crippen LogP contribution >= 0.6 is 0 Å². The summed E-state index contributed by atoms with van der Waals surface area (Å²) < 4.78 is 5.58. The van der Waals surface area contributed by atoms with Crippen molar-refractivity contribution in [2.24, 2.45) is 5.73 Å². The molecule has 66 valence electrons. The minimum Gasteiger partial charge on any atom is -0.374 e. The molecule has 1 saturated heterocycles. The van der Waals surface area contributed by atoms with Gasteiger partial charge in [0.1, 0.15) is 0 Å². The van der Waals surface area contributed by atoms with Crippen LogP contribution in [-0.2, 0) is 4.74 Å². The molecule has 11 heavy (non-hydrogen) atoms. The van der Waals surface area contributed by atoms with Crippen LogP contribution in [0.5, 0.6) is 0 Å². The van der Waals surface area contributed by atoms with Crippen LogP contribution in [-0.4, -0.2) is 31.8 Å². The zero-order chi connectivity index (χ0) is 8.16. The Hall–Kier alpha value is -0.120. The van der Waals surface area contributed by atoms with E-state index in [1.165, 1.54) is 12.8 Å². The lowest BCUT2D eigenvalue weighted by Gasteiger charge is -2.23. The van der Waals surface area contributed by atoms with E-state index in [2.05, 4.69) is 12.2 Å². The standard InChI is InChI=1S/C8H18N2O/c1-8(3-2-6-11-8)7-10-5-4-9/h10H,2-7,9H2,1H3. The second-order valence-corrected chi connectivity index (χ2v) is 3.37. The Bertz CT molecular complexity index is 111. The molecule has 0 spiro atoms. The molecule has 3 N–H and O–H groups in total. The van der Waals surface area contributed by atoms with Crippen LogP contribution < -0.4 is 11.1 Å². The fourth-order valence-corrected chi connectivity index (χ4v) is 1.43. The average molecular weight is 158 g/mol. The van der Waals surface area contributed by atoms with E-state index in [4.69, 9.17) is 10.5 Å². The first-order chi connectivity index (χ1) is 5.27. The molecule has 1 rings (SSSR count). The van der Waals surface area contributed by atoms with Gasteiger partial charge in [-0.1, -0.05) is 0 Å². The molecular formula is C8H18N2O. The van der Waals surface area contributed by atoms with Crippen molar-refractivity contribution in [3.05, 3.63) is 0 Å². The maximum Gasteiger partial charge on any atom is 0.0779 e. The normalized spacial score (nSPS) is 31.1. The lowest BCUT2D eigenvalue weighted by atomic mass is 10.0. The Labute approximate surface area is 68.3 Å². The zero-order valence-corrected chi connectivity index (χ0v) is 7.23. The van der Waals surface area contributed by atoms with Crippen LogP contribution in [0.3, 0.4) is 0 Å². The summed E-state index contributed by atoms with van der Waals surface area (Å²) in [5.41, 5.74) is 5.43. The predicted octanol–water partition coefficient (Wildman–Crippen LogP) is 0.104. The summed E-state index contributed by atoms with van der Waals surface area (Å²) in [6, 6.07) is 0. The lowest BCUT2D eigenvalue weighted by Crippen LogP contribution is -2.39.